The summed E-state index contributed by atoms with van der Waals surface area (Å²) in [4.78, 5) is 29.7. The average molecular weight is 438 g/mol. The number of amides is 1. The second kappa shape index (κ2) is 10.3. The molecule has 0 saturated carbocycles. The Balaban J connectivity index is 1.73. The standard InChI is InChI=1S/C24H27N3O3S/c1-5-30-23(29)21-17(4)25-24(27-22(21)18-9-7-6-8-10-18)31-14-20(28)26-19-12-11-15(2)16(3)13-19/h6-13,22H,5,14H2,1-4H3,(H,25,27)(H,26,28)/t22-/m0/s1. The molecule has 0 radical (unpaired) electrons. The number of carbonyl (C=O) groups is 2. The molecule has 1 aliphatic rings. The van der Waals surface area contributed by atoms with Gasteiger partial charge < -0.3 is 15.4 Å². The van der Waals surface area contributed by atoms with Gasteiger partial charge in [0.15, 0.2) is 5.17 Å². The summed E-state index contributed by atoms with van der Waals surface area (Å²) in [6, 6.07) is 15.0. The number of aryl methyl sites for hydroxylation is 2. The minimum absolute atomic E-state index is 0.119. The third-order valence-corrected chi connectivity index (χ3v) is 5.85. The third kappa shape index (κ3) is 5.76. The van der Waals surface area contributed by atoms with Crippen molar-refractivity contribution in [3.8, 4) is 0 Å². The molecule has 7 heteroatoms. The Morgan fingerprint density at radius 2 is 1.84 bits per heavy atom. The fraction of sp³-hybridized carbons (Fsp3) is 0.292. The van der Waals surface area contributed by atoms with E-state index in [4.69, 9.17) is 9.73 Å². The predicted octanol–water partition coefficient (Wildman–Crippen LogP) is 4.51. The fourth-order valence-electron chi connectivity index (χ4n) is 3.22. The van der Waals surface area contributed by atoms with Crippen LogP contribution in [0.15, 0.2) is 64.8 Å². The predicted molar refractivity (Wildman–Crippen MR) is 126 cm³/mol. The van der Waals surface area contributed by atoms with E-state index in [0.29, 0.717) is 23.0 Å². The van der Waals surface area contributed by atoms with Gasteiger partial charge in [0.1, 0.15) is 6.04 Å². The smallest absolute Gasteiger partial charge is 0.338 e. The molecule has 2 aromatic rings. The van der Waals surface area contributed by atoms with Crippen LogP contribution in [0.2, 0.25) is 0 Å². The monoisotopic (exact) mass is 437 g/mol. The zero-order chi connectivity index (χ0) is 22.4. The van der Waals surface area contributed by atoms with E-state index in [0.717, 1.165) is 16.8 Å². The normalized spacial score (nSPS) is 15.7. The lowest BCUT2D eigenvalue weighted by Gasteiger charge is -2.25. The van der Waals surface area contributed by atoms with E-state index >= 15 is 0 Å². The molecular formula is C24H27N3O3S. The van der Waals surface area contributed by atoms with Crippen LogP contribution in [0.1, 0.15) is 36.6 Å². The summed E-state index contributed by atoms with van der Waals surface area (Å²) in [6.45, 7) is 7.95. The second-order valence-corrected chi connectivity index (χ2v) is 8.23. The Bertz CT molecular complexity index is 1030. The van der Waals surface area contributed by atoms with Crippen LogP contribution >= 0.6 is 11.8 Å². The molecule has 2 aromatic carbocycles. The molecule has 0 spiro atoms. The molecule has 162 valence electrons. The van der Waals surface area contributed by atoms with Gasteiger partial charge in [0.05, 0.1) is 17.9 Å². The van der Waals surface area contributed by atoms with E-state index in [-0.39, 0.29) is 17.6 Å². The number of rotatable bonds is 6. The van der Waals surface area contributed by atoms with E-state index in [1.54, 1.807) is 6.92 Å². The molecule has 3 rings (SSSR count). The number of carbonyl (C=O) groups excluding carboxylic acids is 2. The third-order valence-electron chi connectivity index (χ3n) is 4.96. The van der Waals surface area contributed by atoms with Gasteiger partial charge in [0.2, 0.25) is 5.91 Å². The molecule has 31 heavy (non-hydrogen) atoms. The molecule has 0 fully saturated rings. The molecule has 1 aliphatic heterocycles. The first-order chi connectivity index (χ1) is 14.9. The first-order valence-electron chi connectivity index (χ1n) is 10.2. The number of hydrogen-bond acceptors (Lipinski definition) is 6. The Morgan fingerprint density at radius 1 is 1.10 bits per heavy atom. The van der Waals surface area contributed by atoms with Crippen molar-refractivity contribution < 1.29 is 14.3 Å². The molecular weight excluding hydrogens is 410 g/mol. The van der Waals surface area contributed by atoms with Gasteiger partial charge >= 0.3 is 5.97 Å². The summed E-state index contributed by atoms with van der Waals surface area (Å²) in [5.41, 5.74) is 5.14. The zero-order valence-corrected chi connectivity index (χ0v) is 19.0. The van der Waals surface area contributed by atoms with Crippen LogP contribution < -0.4 is 10.6 Å². The molecule has 1 heterocycles. The minimum atomic E-state index is -0.480. The number of esters is 1. The number of nitrogens with one attached hydrogen (secondary N) is 2. The molecule has 1 amide bonds. The number of benzene rings is 2. The quantitative estimate of drug-likeness (QED) is 0.650. The molecule has 0 bridgehead atoms. The number of ether oxygens (including phenoxy) is 1. The Hall–Kier alpha value is -3.06. The minimum Gasteiger partial charge on any atom is -0.463 e. The van der Waals surface area contributed by atoms with Crippen LogP contribution in [0.25, 0.3) is 0 Å². The molecule has 6 nitrogen and oxygen atoms in total. The van der Waals surface area contributed by atoms with Crippen molar-refractivity contribution in [1.29, 1.82) is 0 Å². The highest BCUT2D eigenvalue weighted by Crippen LogP contribution is 2.32. The number of thioether (sulfide) groups is 1. The van der Waals surface area contributed by atoms with E-state index in [9.17, 15) is 9.59 Å². The van der Waals surface area contributed by atoms with E-state index < -0.39 is 6.04 Å². The van der Waals surface area contributed by atoms with Gasteiger partial charge in [-0.3, -0.25) is 4.79 Å². The number of nitrogens with zero attached hydrogens (tertiary/aromatic N) is 1. The maximum atomic E-state index is 12.6. The van der Waals surface area contributed by atoms with Crippen molar-refractivity contribution in [2.75, 3.05) is 17.7 Å². The number of amidine groups is 1. The zero-order valence-electron chi connectivity index (χ0n) is 18.2. The Morgan fingerprint density at radius 3 is 2.52 bits per heavy atom. The van der Waals surface area contributed by atoms with Gasteiger partial charge in [-0.05, 0) is 56.5 Å². The Labute approximate surface area is 187 Å². The maximum absolute atomic E-state index is 12.6. The lowest BCUT2D eigenvalue weighted by atomic mass is 9.97. The van der Waals surface area contributed by atoms with Crippen molar-refractivity contribution in [3.05, 3.63) is 76.5 Å². The highest BCUT2D eigenvalue weighted by Gasteiger charge is 2.30. The fourth-order valence-corrected chi connectivity index (χ4v) is 3.97. The molecule has 0 aromatic heterocycles. The van der Waals surface area contributed by atoms with Gasteiger partial charge in [-0.1, -0.05) is 48.2 Å². The van der Waals surface area contributed by atoms with Crippen LogP contribution in [0, 0.1) is 13.8 Å². The van der Waals surface area contributed by atoms with E-state index in [1.807, 2.05) is 69.3 Å². The number of allylic oxidation sites excluding steroid dienone is 1. The van der Waals surface area contributed by atoms with E-state index in [2.05, 4.69) is 10.6 Å². The lowest BCUT2D eigenvalue weighted by Crippen LogP contribution is -2.31. The number of anilines is 1. The van der Waals surface area contributed by atoms with Crippen LogP contribution in [0.3, 0.4) is 0 Å². The summed E-state index contributed by atoms with van der Waals surface area (Å²) >= 11 is 1.30. The van der Waals surface area contributed by atoms with Gasteiger partial charge in [-0.25, -0.2) is 9.79 Å². The first kappa shape index (κ1) is 22.6. The van der Waals surface area contributed by atoms with Crippen molar-refractivity contribution in [3.63, 3.8) is 0 Å². The highest BCUT2D eigenvalue weighted by molar-refractivity contribution is 8.14. The summed E-state index contributed by atoms with van der Waals surface area (Å²) in [6.07, 6.45) is 0. The van der Waals surface area contributed by atoms with Gasteiger partial charge in [-0.15, -0.1) is 0 Å². The summed E-state index contributed by atoms with van der Waals surface area (Å²) in [7, 11) is 0. The molecule has 0 saturated heterocycles. The topological polar surface area (TPSA) is 79.8 Å². The molecule has 0 aliphatic carbocycles. The lowest BCUT2D eigenvalue weighted by molar-refractivity contribution is -0.139. The second-order valence-electron chi connectivity index (χ2n) is 7.27. The molecule has 2 N–H and O–H groups in total. The van der Waals surface area contributed by atoms with Gasteiger partial charge in [0.25, 0.3) is 0 Å². The van der Waals surface area contributed by atoms with Crippen LogP contribution in [-0.2, 0) is 14.3 Å². The van der Waals surface area contributed by atoms with Crippen LogP contribution in [0.4, 0.5) is 5.69 Å². The van der Waals surface area contributed by atoms with Crippen molar-refractivity contribution >= 4 is 34.5 Å². The first-order valence-corrected chi connectivity index (χ1v) is 11.1. The van der Waals surface area contributed by atoms with Crippen molar-refractivity contribution in [2.45, 2.75) is 33.7 Å². The molecule has 1 atom stereocenters. The van der Waals surface area contributed by atoms with Gasteiger partial charge in [-0.2, -0.15) is 0 Å². The van der Waals surface area contributed by atoms with Crippen molar-refractivity contribution in [2.24, 2.45) is 4.99 Å². The van der Waals surface area contributed by atoms with Crippen molar-refractivity contribution in [1.82, 2.24) is 5.32 Å². The van der Waals surface area contributed by atoms with E-state index in [1.165, 1.54) is 17.3 Å². The van der Waals surface area contributed by atoms with Crippen LogP contribution in [0.5, 0.6) is 0 Å². The summed E-state index contributed by atoms with van der Waals surface area (Å²) in [5.74, 6) is -0.309. The highest BCUT2D eigenvalue weighted by atomic mass is 32.2. The number of aliphatic imine (C=N–C) groups is 1. The van der Waals surface area contributed by atoms with Gasteiger partial charge in [0, 0.05) is 11.4 Å². The average Bonchev–Trinajstić information content (AvgIpc) is 2.75. The maximum Gasteiger partial charge on any atom is 0.338 e. The molecule has 0 unspecified atom stereocenters. The summed E-state index contributed by atoms with van der Waals surface area (Å²) < 4.78 is 5.24. The summed E-state index contributed by atoms with van der Waals surface area (Å²) in [5, 5.41) is 6.66. The Kier molecular flexibility index (Phi) is 7.52. The largest absolute Gasteiger partial charge is 0.463 e. The van der Waals surface area contributed by atoms with Crippen LogP contribution in [-0.4, -0.2) is 29.4 Å². The number of hydrogen-bond donors (Lipinski definition) is 2. The SMILES string of the molecule is CCOC(=O)C1=C(C)NC(SCC(=O)Nc2ccc(C)c(C)c2)=N[C@H]1c1ccccc1.